The van der Waals surface area contributed by atoms with E-state index in [0.717, 1.165) is 36.5 Å². The first-order valence-corrected chi connectivity index (χ1v) is 14.6. The van der Waals surface area contributed by atoms with E-state index in [1.807, 2.05) is 0 Å². The number of aryl methyl sites for hydroxylation is 1. The Morgan fingerprint density at radius 1 is 0.714 bits per heavy atom. The molecule has 35 heavy (non-hydrogen) atoms. The van der Waals surface area contributed by atoms with Gasteiger partial charge in [0.1, 0.15) is 0 Å². The van der Waals surface area contributed by atoms with Gasteiger partial charge in [-0.3, -0.25) is 4.39 Å². The zero-order chi connectivity index (χ0) is 24.3. The molecule has 0 amide bonds. The van der Waals surface area contributed by atoms with E-state index < -0.39 is 0 Å². The van der Waals surface area contributed by atoms with Crippen molar-refractivity contribution in [3.8, 4) is 11.1 Å². The Kier molecular flexibility index (Phi) is 10.5. The number of rotatable bonds is 11. The molecule has 2 aliphatic rings. The number of unbranched alkanes of at least 4 members (excludes halogenated alkanes) is 2. The van der Waals surface area contributed by atoms with Crippen LogP contribution in [-0.4, -0.2) is 6.67 Å². The van der Waals surface area contributed by atoms with Gasteiger partial charge in [0.15, 0.2) is 0 Å². The SMILES string of the molecule is C/C=C\CCCC1CCC(C2CCC(c3ccc(-c4ccc(CCCCF)cc4)cc3)CC2)CC1. The summed E-state index contributed by atoms with van der Waals surface area (Å²) in [7, 11) is 0. The number of halogens is 1. The van der Waals surface area contributed by atoms with Crippen LogP contribution >= 0.6 is 0 Å². The Bertz CT molecular complexity index is 862. The Morgan fingerprint density at radius 2 is 1.31 bits per heavy atom. The van der Waals surface area contributed by atoms with Crippen LogP contribution in [0, 0.1) is 17.8 Å². The summed E-state index contributed by atoms with van der Waals surface area (Å²) in [5.41, 5.74) is 5.44. The molecule has 0 nitrogen and oxygen atoms in total. The second-order valence-electron chi connectivity index (χ2n) is 11.4. The zero-order valence-corrected chi connectivity index (χ0v) is 22.1. The van der Waals surface area contributed by atoms with Crippen LogP contribution in [0.15, 0.2) is 60.7 Å². The largest absolute Gasteiger partial charge is 0.251 e. The molecule has 2 aromatic carbocycles. The number of benzene rings is 2. The van der Waals surface area contributed by atoms with Gasteiger partial charge < -0.3 is 0 Å². The summed E-state index contributed by atoms with van der Waals surface area (Å²) < 4.78 is 12.3. The highest BCUT2D eigenvalue weighted by atomic mass is 19.1. The molecule has 2 fully saturated rings. The molecule has 1 heteroatoms. The Labute approximate surface area is 214 Å². The van der Waals surface area contributed by atoms with E-state index in [1.54, 1.807) is 5.56 Å². The Balaban J connectivity index is 1.21. The van der Waals surface area contributed by atoms with Crippen molar-refractivity contribution >= 4 is 0 Å². The summed E-state index contributed by atoms with van der Waals surface area (Å²) in [5.74, 6) is 3.74. The molecule has 0 atom stereocenters. The van der Waals surface area contributed by atoms with Crippen LogP contribution in [0.25, 0.3) is 11.1 Å². The smallest absolute Gasteiger partial charge is 0.0894 e. The van der Waals surface area contributed by atoms with Crippen LogP contribution < -0.4 is 0 Å². The number of alkyl halides is 1. The maximum atomic E-state index is 12.3. The summed E-state index contributed by atoms with van der Waals surface area (Å²) in [4.78, 5) is 0. The van der Waals surface area contributed by atoms with Gasteiger partial charge in [-0.25, -0.2) is 0 Å². The molecule has 4 rings (SSSR count). The van der Waals surface area contributed by atoms with E-state index in [1.165, 1.54) is 87.3 Å². The first kappa shape index (κ1) is 26.2. The van der Waals surface area contributed by atoms with Crippen molar-refractivity contribution in [3.05, 3.63) is 71.8 Å². The first-order valence-electron chi connectivity index (χ1n) is 14.6. The molecule has 2 aromatic rings. The van der Waals surface area contributed by atoms with Crippen molar-refractivity contribution in [2.45, 2.75) is 103 Å². The van der Waals surface area contributed by atoms with Gasteiger partial charge in [-0.2, -0.15) is 0 Å². The molecular weight excluding hydrogens is 427 g/mol. The maximum Gasteiger partial charge on any atom is 0.0894 e. The summed E-state index contributed by atoms with van der Waals surface area (Å²) in [5, 5.41) is 0. The van der Waals surface area contributed by atoms with Crippen LogP contribution in [0.4, 0.5) is 4.39 Å². The van der Waals surface area contributed by atoms with Gasteiger partial charge in [-0.05, 0) is 123 Å². The van der Waals surface area contributed by atoms with E-state index >= 15 is 0 Å². The standard InChI is InChI=1S/C34H47F/c1-2-3-4-5-8-27-10-14-29(15-11-27)31-18-22-33(23-19-31)34-24-20-32(21-25-34)30-16-12-28(13-17-30)9-6-7-26-35/h2-3,12-13,16-17,20-21,24-25,27,29,31,33H,4-11,14-15,18-19,22-23,26H2,1H3/b3-2-. The van der Waals surface area contributed by atoms with E-state index in [2.05, 4.69) is 67.6 Å². The predicted octanol–water partition coefficient (Wildman–Crippen LogP) is 10.5. The highest BCUT2D eigenvalue weighted by molar-refractivity contribution is 5.64. The van der Waals surface area contributed by atoms with E-state index in [9.17, 15) is 4.39 Å². The molecule has 0 aliphatic heterocycles. The topological polar surface area (TPSA) is 0 Å². The van der Waals surface area contributed by atoms with Crippen molar-refractivity contribution in [3.63, 3.8) is 0 Å². The third-order valence-corrected chi connectivity index (χ3v) is 9.07. The van der Waals surface area contributed by atoms with Crippen molar-refractivity contribution in [1.82, 2.24) is 0 Å². The molecule has 190 valence electrons. The fraction of sp³-hybridized carbons (Fsp3) is 0.588. The van der Waals surface area contributed by atoms with Crippen molar-refractivity contribution in [2.75, 3.05) is 6.67 Å². The number of allylic oxidation sites excluding steroid dienone is 2. The molecule has 0 N–H and O–H groups in total. The van der Waals surface area contributed by atoms with Crippen molar-refractivity contribution in [1.29, 1.82) is 0 Å². The second-order valence-corrected chi connectivity index (χ2v) is 11.4. The van der Waals surface area contributed by atoms with Crippen molar-refractivity contribution < 1.29 is 4.39 Å². The van der Waals surface area contributed by atoms with Crippen LogP contribution in [0.1, 0.15) is 107 Å². The lowest BCUT2D eigenvalue weighted by Crippen LogP contribution is -2.25. The van der Waals surface area contributed by atoms with E-state index in [0.29, 0.717) is 6.42 Å². The fourth-order valence-corrected chi connectivity index (χ4v) is 6.80. The average molecular weight is 475 g/mol. The lowest BCUT2D eigenvalue weighted by atomic mass is 9.68. The minimum atomic E-state index is -0.204. The third-order valence-electron chi connectivity index (χ3n) is 9.07. The zero-order valence-electron chi connectivity index (χ0n) is 22.1. The monoisotopic (exact) mass is 474 g/mol. The van der Waals surface area contributed by atoms with Crippen LogP contribution in [0.3, 0.4) is 0 Å². The number of hydrogen-bond donors (Lipinski definition) is 0. The summed E-state index contributed by atoms with van der Waals surface area (Å²) in [6, 6.07) is 18.3. The fourth-order valence-electron chi connectivity index (χ4n) is 6.80. The second kappa shape index (κ2) is 14.0. The minimum absolute atomic E-state index is 0.204. The van der Waals surface area contributed by atoms with Gasteiger partial charge in [0.05, 0.1) is 6.67 Å². The third kappa shape index (κ3) is 7.80. The van der Waals surface area contributed by atoms with E-state index in [-0.39, 0.29) is 6.67 Å². The maximum absolute atomic E-state index is 12.3. The molecule has 0 spiro atoms. The lowest BCUT2D eigenvalue weighted by Gasteiger charge is -2.38. The predicted molar refractivity (Wildman–Crippen MR) is 150 cm³/mol. The average Bonchev–Trinajstić information content (AvgIpc) is 2.92. The van der Waals surface area contributed by atoms with Gasteiger partial charge in [0.25, 0.3) is 0 Å². The van der Waals surface area contributed by atoms with Gasteiger partial charge in [0, 0.05) is 0 Å². The van der Waals surface area contributed by atoms with Gasteiger partial charge in [0.2, 0.25) is 0 Å². The van der Waals surface area contributed by atoms with Crippen molar-refractivity contribution in [2.24, 2.45) is 17.8 Å². The quantitative estimate of drug-likeness (QED) is 0.224. The van der Waals surface area contributed by atoms with E-state index in [4.69, 9.17) is 0 Å². The molecule has 0 heterocycles. The summed E-state index contributed by atoms with van der Waals surface area (Å²) in [6.07, 6.45) is 22.8. The molecule has 0 saturated heterocycles. The molecular formula is C34H47F. The molecule has 2 aliphatic carbocycles. The highest BCUT2D eigenvalue weighted by Gasteiger charge is 2.31. The normalized spacial score (nSPS) is 25.2. The molecule has 0 bridgehead atoms. The van der Waals surface area contributed by atoms with Gasteiger partial charge in [-0.1, -0.05) is 79.9 Å². The molecule has 0 radical (unpaired) electrons. The first-order chi connectivity index (χ1) is 17.3. The molecule has 2 saturated carbocycles. The molecule has 0 aromatic heterocycles. The van der Waals surface area contributed by atoms with Crippen LogP contribution in [0.5, 0.6) is 0 Å². The van der Waals surface area contributed by atoms with Crippen LogP contribution in [-0.2, 0) is 6.42 Å². The van der Waals surface area contributed by atoms with Crippen LogP contribution in [0.2, 0.25) is 0 Å². The van der Waals surface area contributed by atoms with Gasteiger partial charge in [-0.15, -0.1) is 0 Å². The summed E-state index contributed by atoms with van der Waals surface area (Å²) >= 11 is 0. The molecule has 0 unspecified atom stereocenters. The highest BCUT2D eigenvalue weighted by Crippen LogP contribution is 2.44. The lowest BCUT2D eigenvalue weighted by molar-refractivity contribution is 0.156. The Hall–Kier alpha value is -1.89. The Morgan fingerprint density at radius 3 is 1.91 bits per heavy atom. The van der Waals surface area contributed by atoms with Gasteiger partial charge >= 0.3 is 0 Å². The minimum Gasteiger partial charge on any atom is -0.251 e. The summed E-state index contributed by atoms with van der Waals surface area (Å²) in [6.45, 7) is 1.93. The number of hydrogen-bond acceptors (Lipinski definition) is 0.